The zero-order valence-electron chi connectivity index (χ0n) is 18.3. The topological polar surface area (TPSA) is 93.7 Å². The van der Waals surface area contributed by atoms with E-state index in [4.69, 9.17) is 32.7 Å². The summed E-state index contributed by atoms with van der Waals surface area (Å²) in [7, 11) is 0. The summed E-state index contributed by atoms with van der Waals surface area (Å²) in [5.74, 6) is -0.172. The van der Waals surface area contributed by atoms with Crippen molar-refractivity contribution < 1.29 is 23.9 Å². The van der Waals surface area contributed by atoms with Crippen LogP contribution in [0.1, 0.15) is 18.4 Å². The molecular weight excluding hydrogens is 479 g/mol. The van der Waals surface area contributed by atoms with Crippen LogP contribution >= 0.6 is 23.2 Å². The van der Waals surface area contributed by atoms with E-state index in [0.717, 1.165) is 11.3 Å². The Balaban J connectivity index is 1.37. The Bertz CT molecular complexity index is 1180. The Morgan fingerprint density at radius 3 is 2.18 bits per heavy atom. The van der Waals surface area contributed by atoms with Crippen LogP contribution in [0.2, 0.25) is 10.0 Å². The van der Waals surface area contributed by atoms with Crippen molar-refractivity contribution in [2.24, 2.45) is 0 Å². The van der Waals surface area contributed by atoms with Gasteiger partial charge in [0.25, 0.3) is 5.91 Å². The average Bonchev–Trinajstić information content (AvgIpc) is 2.81. The highest BCUT2D eigenvalue weighted by atomic mass is 35.5. The van der Waals surface area contributed by atoms with Gasteiger partial charge < -0.3 is 20.1 Å². The zero-order valence-corrected chi connectivity index (χ0v) is 19.8. The molecule has 176 valence electrons. The van der Waals surface area contributed by atoms with Gasteiger partial charge in [-0.3, -0.25) is 14.4 Å². The summed E-state index contributed by atoms with van der Waals surface area (Å²) >= 11 is 11.7. The minimum atomic E-state index is -0.665. The lowest BCUT2D eigenvalue weighted by molar-refractivity contribution is -0.147. The molecule has 0 atom stereocenters. The monoisotopic (exact) mass is 500 g/mol. The second-order valence-electron chi connectivity index (χ2n) is 7.28. The van der Waals surface area contributed by atoms with E-state index in [0.29, 0.717) is 22.1 Å². The van der Waals surface area contributed by atoms with E-state index >= 15 is 0 Å². The van der Waals surface area contributed by atoms with E-state index < -0.39 is 18.5 Å². The van der Waals surface area contributed by atoms with Crippen LogP contribution in [0.25, 0.3) is 0 Å². The third-order valence-corrected chi connectivity index (χ3v) is 5.32. The van der Waals surface area contributed by atoms with Crippen LogP contribution in [-0.2, 0) is 19.1 Å². The van der Waals surface area contributed by atoms with Crippen molar-refractivity contribution >= 4 is 52.4 Å². The number of ether oxygens (including phenoxy) is 2. The van der Waals surface area contributed by atoms with Crippen molar-refractivity contribution in [3.8, 4) is 11.5 Å². The third kappa shape index (κ3) is 7.79. The smallest absolute Gasteiger partial charge is 0.306 e. The predicted molar refractivity (Wildman–Crippen MR) is 132 cm³/mol. The summed E-state index contributed by atoms with van der Waals surface area (Å²) in [5, 5.41) is 5.88. The highest BCUT2D eigenvalue weighted by molar-refractivity contribution is 6.42. The Morgan fingerprint density at radius 1 is 0.794 bits per heavy atom. The molecule has 2 N–H and O–H groups in total. The average molecular weight is 501 g/mol. The van der Waals surface area contributed by atoms with Gasteiger partial charge >= 0.3 is 5.97 Å². The van der Waals surface area contributed by atoms with Crippen molar-refractivity contribution in [2.45, 2.75) is 19.8 Å². The van der Waals surface area contributed by atoms with Crippen molar-refractivity contribution in [1.82, 2.24) is 0 Å². The minimum Gasteiger partial charge on any atom is -0.457 e. The number of para-hydroxylation sites is 1. The van der Waals surface area contributed by atoms with Crippen LogP contribution in [-0.4, -0.2) is 24.4 Å². The summed E-state index contributed by atoms with van der Waals surface area (Å²) < 4.78 is 10.7. The first-order chi connectivity index (χ1) is 16.3. The number of carbonyl (C=O) groups is 3. The van der Waals surface area contributed by atoms with Gasteiger partial charge in [-0.15, -0.1) is 0 Å². The fourth-order valence-corrected chi connectivity index (χ4v) is 3.13. The molecule has 0 saturated carbocycles. The van der Waals surface area contributed by atoms with Gasteiger partial charge in [0.05, 0.1) is 16.5 Å². The SMILES string of the molecule is Cc1ccccc1Oc1ccc(NC(=O)CCC(=O)OCC(=O)Nc2ccc(Cl)c(Cl)c2)cc1. The van der Waals surface area contributed by atoms with Gasteiger partial charge in [-0.1, -0.05) is 41.4 Å². The van der Waals surface area contributed by atoms with E-state index in [1.807, 2.05) is 31.2 Å². The summed E-state index contributed by atoms with van der Waals surface area (Å²) in [6.45, 7) is 1.47. The van der Waals surface area contributed by atoms with Gasteiger partial charge in [0.15, 0.2) is 6.61 Å². The van der Waals surface area contributed by atoms with Gasteiger partial charge in [0, 0.05) is 17.8 Å². The molecule has 0 radical (unpaired) electrons. The van der Waals surface area contributed by atoms with Crippen LogP contribution in [0.5, 0.6) is 11.5 Å². The lowest BCUT2D eigenvalue weighted by atomic mass is 10.2. The number of nitrogens with one attached hydrogen (secondary N) is 2. The van der Waals surface area contributed by atoms with Crippen LogP contribution < -0.4 is 15.4 Å². The van der Waals surface area contributed by atoms with Gasteiger partial charge in [0.2, 0.25) is 5.91 Å². The maximum absolute atomic E-state index is 12.1. The number of benzene rings is 3. The summed E-state index contributed by atoms with van der Waals surface area (Å²) in [4.78, 5) is 35.9. The molecule has 7 nitrogen and oxygen atoms in total. The number of carbonyl (C=O) groups excluding carboxylic acids is 3. The van der Waals surface area contributed by atoms with Crippen molar-refractivity contribution in [2.75, 3.05) is 17.2 Å². The highest BCUT2D eigenvalue weighted by Gasteiger charge is 2.12. The quantitative estimate of drug-likeness (QED) is 0.351. The standard InChI is InChI=1S/C25H22Cl2N2O5/c1-16-4-2-3-5-22(16)34-19-9-6-17(7-10-19)28-23(30)12-13-25(32)33-15-24(31)29-18-8-11-20(26)21(27)14-18/h2-11,14H,12-13,15H2,1H3,(H,28,30)(H,29,31). The molecule has 3 aromatic rings. The molecule has 3 rings (SSSR count). The first-order valence-electron chi connectivity index (χ1n) is 10.3. The fourth-order valence-electron chi connectivity index (χ4n) is 2.83. The van der Waals surface area contributed by atoms with Crippen molar-refractivity contribution in [1.29, 1.82) is 0 Å². The van der Waals surface area contributed by atoms with E-state index in [-0.39, 0.29) is 23.8 Å². The number of hydrogen-bond acceptors (Lipinski definition) is 5. The number of anilines is 2. The molecule has 0 saturated heterocycles. The first-order valence-corrected chi connectivity index (χ1v) is 11.1. The number of rotatable bonds is 9. The van der Waals surface area contributed by atoms with Gasteiger partial charge in [0.1, 0.15) is 11.5 Å². The largest absolute Gasteiger partial charge is 0.457 e. The Labute approximate surface area is 207 Å². The van der Waals surface area contributed by atoms with Gasteiger partial charge in [-0.05, 0) is 61.0 Å². The van der Waals surface area contributed by atoms with Crippen LogP contribution in [0, 0.1) is 6.92 Å². The molecular formula is C25H22Cl2N2O5. The van der Waals surface area contributed by atoms with Crippen molar-refractivity contribution in [3.63, 3.8) is 0 Å². The minimum absolute atomic E-state index is 0.0886. The summed E-state index contributed by atoms with van der Waals surface area (Å²) in [5.41, 5.74) is 2.00. The molecule has 0 fully saturated rings. The predicted octanol–water partition coefficient (Wildman–Crippen LogP) is 5.99. The lowest BCUT2D eigenvalue weighted by Crippen LogP contribution is -2.21. The molecule has 34 heavy (non-hydrogen) atoms. The van der Waals surface area contributed by atoms with Crippen LogP contribution in [0.3, 0.4) is 0 Å². The maximum atomic E-state index is 12.1. The number of halogens is 2. The molecule has 0 aliphatic rings. The lowest BCUT2D eigenvalue weighted by Gasteiger charge is -2.10. The maximum Gasteiger partial charge on any atom is 0.306 e. The molecule has 2 amide bonds. The van der Waals surface area contributed by atoms with E-state index in [1.165, 1.54) is 12.1 Å². The number of amides is 2. The molecule has 0 spiro atoms. The molecule has 0 bridgehead atoms. The fraction of sp³-hybridized carbons (Fsp3) is 0.160. The van der Waals surface area contributed by atoms with E-state index in [2.05, 4.69) is 10.6 Å². The number of esters is 1. The molecule has 9 heteroatoms. The van der Waals surface area contributed by atoms with E-state index in [9.17, 15) is 14.4 Å². The molecule has 0 unspecified atom stereocenters. The van der Waals surface area contributed by atoms with Crippen LogP contribution in [0.4, 0.5) is 11.4 Å². The number of aryl methyl sites for hydroxylation is 1. The molecule has 3 aromatic carbocycles. The second-order valence-corrected chi connectivity index (χ2v) is 8.09. The van der Waals surface area contributed by atoms with Gasteiger partial charge in [-0.2, -0.15) is 0 Å². The molecule has 0 heterocycles. The van der Waals surface area contributed by atoms with Crippen LogP contribution in [0.15, 0.2) is 66.7 Å². The zero-order chi connectivity index (χ0) is 24.5. The first kappa shape index (κ1) is 25.1. The Morgan fingerprint density at radius 2 is 1.47 bits per heavy atom. The highest BCUT2D eigenvalue weighted by Crippen LogP contribution is 2.26. The second kappa shape index (κ2) is 12.1. The molecule has 0 aliphatic carbocycles. The third-order valence-electron chi connectivity index (χ3n) is 4.58. The molecule has 0 aromatic heterocycles. The summed E-state index contributed by atoms with van der Waals surface area (Å²) in [6.07, 6.45) is -0.255. The normalized spacial score (nSPS) is 10.3. The van der Waals surface area contributed by atoms with Crippen molar-refractivity contribution in [3.05, 3.63) is 82.3 Å². The Kier molecular flexibility index (Phi) is 8.90. The molecule has 0 aliphatic heterocycles. The summed E-state index contributed by atoms with van der Waals surface area (Å²) in [6, 6.07) is 19.1. The Hall–Kier alpha value is -3.55. The van der Waals surface area contributed by atoms with Gasteiger partial charge in [-0.25, -0.2) is 0 Å². The van der Waals surface area contributed by atoms with E-state index in [1.54, 1.807) is 30.3 Å². The number of hydrogen-bond donors (Lipinski definition) is 2.